The van der Waals surface area contributed by atoms with Gasteiger partial charge in [0, 0.05) is 37.7 Å². The molecule has 1 aliphatic carbocycles. The first kappa shape index (κ1) is 22.3. The standard InChI is InChI=1S/C24H31N5O3S/c30-24(29-16-18-7-10-25-13-19(18)17-29)27-14-20-5-6-23(15-26-20)33(31,32)22-8-11-28(12-9-22)21-3-1-2-4-21/h5-7,10,13,15,21-22H,1-4,8-9,11-12,14,16-17H2,(H,27,30). The van der Waals surface area contributed by atoms with E-state index in [4.69, 9.17) is 0 Å². The Morgan fingerprint density at radius 1 is 1.00 bits per heavy atom. The molecule has 2 aromatic heterocycles. The van der Waals surface area contributed by atoms with Crippen molar-refractivity contribution in [1.29, 1.82) is 0 Å². The Labute approximate surface area is 195 Å². The molecule has 1 saturated heterocycles. The fourth-order valence-electron chi connectivity index (χ4n) is 5.34. The summed E-state index contributed by atoms with van der Waals surface area (Å²) in [4.78, 5) is 25.4. The molecule has 3 aliphatic rings. The predicted octanol–water partition coefficient (Wildman–Crippen LogP) is 2.88. The number of urea groups is 1. The van der Waals surface area contributed by atoms with Gasteiger partial charge in [0.25, 0.3) is 0 Å². The van der Waals surface area contributed by atoms with Gasteiger partial charge >= 0.3 is 6.03 Å². The highest BCUT2D eigenvalue weighted by Crippen LogP contribution is 2.30. The first-order valence-corrected chi connectivity index (χ1v) is 13.4. The van der Waals surface area contributed by atoms with Crippen molar-refractivity contribution >= 4 is 15.9 Å². The SMILES string of the molecule is O=C(NCc1ccc(S(=O)(=O)C2CCN(C3CCCC3)CC2)cn1)N1Cc2ccncc2C1. The van der Waals surface area contributed by atoms with Gasteiger partial charge < -0.3 is 15.1 Å². The average Bonchev–Trinajstić information content (AvgIpc) is 3.53. The number of nitrogens with zero attached hydrogens (tertiary/aromatic N) is 4. The lowest BCUT2D eigenvalue weighted by molar-refractivity contribution is 0.166. The molecule has 2 amide bonds. The smallest absolute Gasteiger partial charge is 0.318 e. The summed E-state index contributed by atoms with van der Waals surface area (Å²) in [6.07, 6.45) is 11.4. The van der Waals surface area contributed by atoms with Gasteiger partial charge in [0.05, 0.1) is 22.4 Å². The second-order valence-electron chi connectivity index (χ2n) is 9.36. The molecule has 0 unspecified atom stereocenters. The van der Waals surface area contributed by atoms with E-state index < -0.39 is 9.84 Å². The summed E-state index contributed by atoms with van der Waals surface area (Å²) in [7, 11) is -3.39. The average molecular weight is 470 g/mol. The first-order valence-electron chi connectivity index (χ1n) is 11.9. The molecule has 0 bridgehead atoms. The summed E-state index contributed by atoms with van der Waals surface area (Å²) >= 11 is 0. The maximum Gasteiger partial charge on any atom is 0.318 e. The van der Waals surface area contributed by atoms with Gasteiger partial charge in [-0.3, -0.25) is 9.97 Å². The first-order chi connectivity index (χ1) is 16.0. The minimum absolute atomic E-state index is 0.168. The van der Waals surface area contributed by atoms with Crippen LogP contribution in [0.25, 0.3) is 0 Å². The Balaban J connectivity index is 1.14. The number of carbonyl (C=O) groups excluding carboxylic acids is 1. The second kappa shape index (κ2) is 9.38. The summed E-state index contributed by atoms with van der Waals surface area (Å²) in [5.74, 6) is 0. The lowest BCUT2D eigenvalue weighted by Crippen LogP contribution is -2.43. The number of nitrogens with one attached hydrogen (secondary N) is 1. The third-order valence-electron chi connectivity index (χ3n) is 7.32. The lowest BCUT2D eigenvalue weighted by Gasteiger charge is -2.35. The van der Waals surface area contributed by atoms with Gasteiger partial charge in [-0.1, -0.05) is 12.8 Å². The molecule has 0 spiro atoms. The molecule has 0 radical (unpaired) electrons. The Hall–Kier alpha value is -2.52. The van der Waals surface area contributed by atoms with E-state index in [1.807, 2.05) is 6.07 Å². The van der Waals surface area contributed by atoms with Crippen LogP contribution in [0.5, 0.6) is 0 Å². The van der Waals surface area contributed by atoms with E-state index in [1.54, 1.807) is 29.4 Å². The van der Waals surface area contributed by atoms with Crippen molar-refractivity contribution in [3.63, 3.8) is 0 Å². The van der Waals surface area contributed by atoms with Gasteiger partial charge in [-0.2, -0.15) is 0 Å². The number of rotatable bonds is 5. The summed E-state index contributed by atoms with van der Waals surface area (Å²) in [5.41, 5.74) is 2.81. The van der Waals surface area contributed by atoms with Crippen molar-refractivity contribution in [1.82, 2.24) is 25.1 Å². The third kappa shape index (κ3) is 4.75. The molecule has 1 saturated carbocycles. The molecule has 0 atom stereocenters. The number of likely N-dealkylation sites (tertiary alicyclic amines) is 1. The predicted molar refractivity (Wildman–Crippen MR) is 124 cm³/mol. The number of fused-ring (bicyclic) bond motifs is 1. The number of sulfone groups is 1. The van der Waals surface area contributed by atoms with Gasteiger partial charge in [0.15, 0.2) is 9.84 Å². The van der Waals surface area contributed by atoms with Crippen molar-refractivity contribution in [2.24, 2.45) is 0 Å². The second-order valence-corrected chi connectivity index (χ2v) is 11.6. The summed E-state index contributed by atoms with van der Waals surface area (Å²) in [6, 6.07) is 5.74. The molecule has 2 fully saturated rings. The molecule has 5 rings (SSSR count). The molecule has 1 N–H and O–H groups in total. The van der Waals surface area contributed by atoms with Crippen molar-refractivity contribution in [2.75, 3.05) is 13.1 Å². The van der Waals surface area contributed by atoms with Gasteiger partial charge in [-0.15, -0.1) is 0 Å². The number of aromatic nitrogens is 2. The normalized spacial score (nSPS) is 20.2. The van der Waals surface area contributed by atoms with E-state index in [2.05, 4.69) is 20.2 Å². The van der Waals surface area contributed by atoms with E-state index in [1.165, 1.54) is 31.9 Å². The van der Waals surface area contributed by atoms with Gasteiger partial charge in [0.1, 0.15) is 0 Å². The lowest BCUT2D eigenvalue weighted by atomic mass is 10.1. The molecule has 2 aliphatic heterocycles. The van der Waals surface area contributed by atoms with Crippen LogP contribution in [-0.4, -0.2) is 58.6 Å². The minimum atomic E-state index is -3.39. The summed E-state index contributed by atoms with van der Waals surface area (Å²) in [6.45, 7) is 3.09. The van der Waals surface area contributed by atoms with Crippen molar-refractivity contribution in [3.8, 4) is 0 Å². The zero-order valence-electron chi connectivity index (χ0n) is 18.8. The van der Waals surface area contributed by atoms with E-state index in [-0.39, 0.29) is 22.7 Å². The van der Waals surface area contributed by atoms with Crippen LogP contribution in [0, 0.1) is 0 Å². The van der Waals surface area contributed by atoms with Crippen LogP contribution in [0.2, 0.25) is 0 Å². The number of carbonyl (C=O) groups is 1. The number of piperidine rings is 1. The molecule has 0 aromatic carbocycles. The van der Waals surface area contributed by atoms with Crippen molar-refractivity contribution in [2.45, 2.75) is 74.3 Å². The fraction of sp³-hybridized carbons (Fsp3) is 0.542. The highest BCUT2D eigenvalue weighted by molar-refractivity contribution is 7.92. The van der Waals surface area contributed by atoms with Crippen LogP contribution < -0.4 is 5.32 Å². The van der Waals surface area contributed by atoms with Crippen LogP contribution in [0.3, 0.4) is 0 Å². The molecule has 8 nitrogen and oxygen atoms in total. The van der Waals surface area contributed by atoms with Crippen molar-refractivity contribution < 1.29 is 13.2 Å². The van der Waals surface area contributed by atoms with Crippen molar-refractivity contribution in [3.05, 3.63) is 53.6 Å². The quantitative estimate of drug-likeness (QED) is 0.724. The monoisotopic (exact) mass is 469 g/mol. The van der Waals surface area contributed by atoms with Crippen LogP contribution in [0.1, 0.15) is 55.3 Å². The number of hydrogen-bond donors (Lipinski definition) is 1. The topological polar surface area (TPSA) is 95.5 Å². The fourth-order valence-corrected chi connectivity index (χ4v) is 7.01. The van der Waals surface area contributed by atoms with Crippen LogP contribution >= 0.6 is 0 Å². The van der Waals surface area contributed by atoms with E-state index in [9.17, 15) is 13.2 Å². The number of hydrogen-bond acceptors (Lipinski definition) is 6. The Bertz CT molecular complexity index is 1070. The van der Waals surface area contributed by atoms with E-state index >= 15 is 0 Å². The maximum absolute atomic E-state index is 13.1. The van der Waals surface area contributed by atoms with Gasteiger partial charge in [-0.25, -0.2) is 13.2 Å². The summed E-state index contributed by atoms with van der Waals surface area (Å²) in [5, 5.41) is 2.54. The van der Waals surface area contributed by atoms with Gasteiger partial charge in [0.2, 0.25) is 0 Å². The Morgan fingerprint density at radius 3 is 2.45 bits per heavy atom. The Morgan fingerprint density at radius 2 is 1.76 bits per heavy atom. The number of amides is 2. The van der Waals surface area contributed by atoms with Crippen LogP contribution in [0.4, 0.5) is 4.79 Å². The number of pyridine rings is 2. The molecular formula is C24H31N5O3S. The van der Waals surface area contributed by atoms with Crippen LogP contribution in [0.15, 0.2) is 41.7 Å². The molecule has 176 valence electrons. The molecule has 2 aromatic rings. The molecule has 33 heavy (non-hydrogen) atoms. The van der Waals surface area contributed by atoms with E-state index in [0.29, 0.717) is 37.7 Å². The van der Waals surface area contributed by atoms with Crippen LogP contribution in [-0.2, 0) is 29.5 Å². The maximum atomic E-state index is 13.1. The molecule has 4 heterocycles. The third-order valence-corrected chi connectivity index (χ3v) is 9.57. The highest BCUT2D eigenvalue weighted by atomic mass is 32.2. The van der Waals surface area contributed by atoms with E-state index in [0.717, 1.165) is 24.2 Å². The molecular weight excluding hydrogens is 438 g/mol. The minimum Gasteiger partial charge on any atom is -0.332 e. The molecule has 9 heteroatoms. The highest BCUT2D eigenvalue weighted by Gasteiger charge is 2.34. The zero-order chi connectivity index (χ0) is 22.8. The zero-order valence-corrected chi connectivity index (χ0v) is 19.6. The summed E-state index contributed by atoms with van der Waals surface area (Å²) < 4.78 is 26.3. The van der Waals surface area contributed by atoms with Gasteiger partial charge in [-0.05, 0) is 68.1 Å². The Kier molecular flexibility index (Phi) is 6.34. The largest absolute Gasteiger partial charge is 0.332 e.